The van der Waals surface area contributed by atoms with Crippen molar-refractivity contribution in [1.82, 2.24) is 4.90 Å². The van der Waals surface area contributed by atoms with Crippen LogP contribution < -0.4 is 4.74 Å². The van der Waals surface area contributed by atoms with Gasteiger partial charge in [-0.3, -0.25) is 0 Å². The van der Waals surface area contributed by atoms with Gasteiger partial charge < -0.3 is 14.7 Å². The van der Waals surface area contributed by atoms with E-state index >= 15 is 0 Å². The van der Waals surface area contributed by atoms with E-state index in [1.807, 2.05) is 43.3 Å². The Kier molecular flexibility index (Phi) is 2.44. The van der Waals surface area contributed by atoms with Gasteiger partial charge in [0.25, 0.3) is 0 Å². The number of hydrogen-bond donors (Lipinski definition) is 1. The maximum atomic E-state index is 9.94. The molecule has 0 spiro atoms. The zero-order chi connectivity index (χ0) is 10.1. The molecule has 0 aliphatic carbocycles. The minimum absolute atomic E-state index is 0.137. The number of fused-ring (bicyclic) bond motifs is 1. The average Bonchev–Trinajstić information content (AvgIpc) is 2.44. The molecule has 3 nitrogen and oxygen atoms in total. The molecule has 0 saturated heterocycles. The molecule has 1 heterocycles. The van der Waals surface area contributed by atoms with Crippen molar-refractivity contribution in [1.29, 1.82) is 0 Å². The summed E-state index contributed by atoms with van der Waals surface area (Å²) in [6.45, 7) is 0.732. The SMILES string of the molecule is CN(C)CC1Oc2ccccc2C1O. The van der Waals surface area contributed by atoms with Gasteiger partial charge in [-0.15, -0.1) is 0 Å². The first-order valence-corrected chi connectivity index (χ1v) is 4.77. The van der Waals surface area contributed by atoms with E-state index in [4.69, 9.17) is 4.74 Å². The molecule has 1 N–H and O–H groups in total. The fraction of sp³-hybridized carbons (Fsp3) is 0.455. The van der Waals surface area contributed by atoms with Gasteiger partial charge in [0, 0.05) is 12.1 Å². The molecule has 3 heteroatoms. The first-order valence-electron chi connectivity index (χ1n) is 4.77. The summed E-state index contributed by atoms with van der Waals surface area (Å²) in [5, 5.41) is 9.94. The number of para-hydroxylation sites is 1. The minimum Gasteiger partial charge on any atom is -0.486 e. The Labute approximate surface area is 83.9 Å². The smallest absolute Gasteiger partial charge is 0.141 e. The lowest BCUT2D eigenvalue weighted by Crippen LogP contribution is -2.31. The summed E-state index contributed by atoms with van der Waals surface area (Å²) >= 11 is 0. The summed E-state index contributed by atoms with van der Waals surface area (Å²) in [4.78, 5) is 2.01. The second-order valence-electron chi connectivity index (χ2n) is 3.90. The normalized spacial score (nSPS) is 24.9. The van der Waals surface area contributed by atoms with Gasteiger partial charge in [0.05, 0.1) is 0 Å². The third-order valence-electron chi connectivity index (χ3n) is 2.41. The number of aliphatic hydroxyl groups is 1. The van der Waals surface area contributed by atoms with E-state index in [9.17, 15) is 5.11 Å². The molecule has 1 aromatic carbocycles. The standard InChI is InChI=1S/C11H15NO2/c1-12(2)7-10-11(13)8-5-3-4-6-9(8)14-10/h3-6,10-11,13H,7H2,1-2H3. The highest BCUT2D eigenvalue weighted by Gasteiger charge is 2.32. The molecule has 1 aromatic rings. The van der Waals surface area contributed by atoms with Crippen molar-refractivity contribution in [3.8, 4) is 5.75 Å². The fourth-order valence-electron chi connectivity index (χ4n) is 1.76. The average molecular weight is 193 g/mol. The van der Waals surface area contributed by atoms with E-state index in [1.54, 1.807) is 0 Å². The van der Waals surface area contributed by atoms with Crippen LogP contribution in [0.15, 0.2) is 24.3 Å². The van der Waals surface area contributed by atoms with Crippen molar-refractivity contribution >= 4 is 0 Å². The van der Waals surface area contributed by atoms with Gasteiger partial charge in [-0.1, -0.05) is 18.2 Å². The Morgan fingerprint density at radius 2 is 2.07 bits per heavy atom. The van der Waals surface area contributed by atoms with Crippen molar-refractivity contribution in [3.05, 3.63) is 29.8 Å². The quantitative estimate of drug-likeness (QED) is 0.761. The molecule has 0 bridgehead atoms. The van der Waals surface area contributed by atoms with Gasteiger partial charge in [-0.05, 0) is 20.2 Å². The largest absolute Gasteiger partial charge is 0.486 e. The lowest BCUT2D eigenvalue weighted by molar-refractivity contribution is 0.0504. The van der Waals surface area contributed by atoms with Crippen molar-refractivity contribution < 1.29 is 9.84 Å². The topological polar surface area (TPSA) is 32.7 Å². The molecule has 1 aliphatic heterocycles. The van der Waals surface area contributed by atoms with E-state index in [1.165, 1.54) is 0 Å². The van der Waals surface area contributed by atoms with Crippen molar-refractivity contribution in [2.45, 2.75) is 12.2 Å². The van der Waals surface area contributed by atoms with E-state index in [-0.39, 0.29) is 6.10 Å². The Balaban J connectivity index is 2.17. The molecule has 76 valence electrons. The maximum Gasteiger partial charge on any atom is 0.141 e. The van der Waals surface area contributed by atoms with Gasteiger partial charge in [0.1, 0.15) is 18.0 Å². The third kappa shape index (κ3) is 1.61. The molecule has 2 unspecified atom stereocenters. The van der Waals surface area contributed by atoms with Crippen LogP contribution in [-0.4, -0.2) is 36.8 Å². The Bertz CT molecular complexity index is 325. The van der Waals surface area contributed by atoms with E-state index in [0.717, 1.165) is 17.9 Å². The monoisotopic (exact) mass is 193 g/mol. The molecule has 0 saturated carbocycles. The summed E-state index contributed by atoms with van der Waals surface area (Å²) in [5.41, 5.74) is 0.902. The van der Waals surface area contributed by atoms with Crippen LogP contribution in [0.5, 0.6) is 5.75 Å². The molecule has 1 aliphatic rings. The van der Waals surface area contributed by atoms with Crippen LogP contribution in [0, 0.1) is 0 Å². The Morgan fingerprint density at radius 1 is 1.36 bits per heavy atom. The molecule has 2 rings (SSSR count). The molecular formula is C11H15NO2. The maximum absolute atomic E-state index is 9.94. The molecule has 2 atom stereocenters. The van der Waals surface area contributed by atoms with Crippen LogP contribution in [0.25, 0.3) is 0 Å². The number of hydrogen-bond acceptors (Lipinski definition) is 3. The molecule has 0 amide bonds. The highest BCUT2D eigenvalue weighted by atomic mass is 16.5. The summed E-state index contributed by atoms with van der Waals surface area (Å²) in [6, 6.07) is 7.65. The van der Waals surface area contributed by atoms with Crippen molar-refractivity contribution in [3.63, 3.8) is 0 Å². The molecule has 14 heavy (non-hydrogen) atoms. The fourth-order valence-corrected chi connectivity index (χ4v) is 1.76. The minimum atomic E-state index is -0.492. The predicted octanol–water partition coefficient (Wildman–Crippen LogP) is 1.04. The zero-order valence-corrected chi connectivity index (χ0v) is 8.47. The second kappa shape index (κ2) is 3.59. The lowest BCUT2D eigenvalue weighted by Gasteiger charge is -2.18. The molecule has 0 aromatic heterocycles. The van der Waals surface area contributed by atoms with Crippen molar-refractivity contribution in [2.24, 2.45) is 0 Å². The number of ether oxygens (including phenoxy) is 1. The van der Waals surface area contributed by atoms with Crippen LogP contribution in [0.3, 0.4) is 0 Å². The highest BCUT2D eigenvalue weighted by Crippen LogP contribution is 2.36. The first-order chi connectivity index (χ1) is 6.68. The van der Waals surface area contributed by atoms with E-state index in [2.05, 4.69) is 0 Å². The van der Waals surface area contributed by atoms with Gasteiger partial charge in [-0.25, -0.2) is 0 Å². The number of rotatable bonds is 2. The van der Waals surface area contributed by atoms with E-state index < -0.39 is 6.10 Å². The van der Waals surface area contributed by atoms with Crippen LogP contribution in [0.1, 0.15) is 11.7 Å². The van der Waals surface area contributed by atoms with Gasteiger partial charge in [0.2, 0.25) is 0 Å². The molecule has 0 fully saturated rings. The van der Waals surface area contributed by atoms with E-state index in [0.29, 0.717) is 0 Å². The summed E-state index contributed by atoms with van der Waals surface area (Å²) in [7, 11) is 3.94. The Hall–Kier alpha value is -1.06. The number of aliphatic hydroxyl groups excluding tert-OH is 1. The summed E-state index contributed by atoms with van der Waals surface area (Å²) < 4.78 is 5.64. The van der Waals surface area contributed by atoms with Crippen LogP contribution >= 0.6 is 0 Å². The molecular weight excluding hydrogens is 178 g/mol. The first kappa shape index (κ1) is 9.49. The molecule has 0 radical (unpaired) electrons. The second-order valence-corrected chi connectivity index (χ2v) is 3.90. The van der Waals surface area contributed by atoms with Crippen molar-refractivity contribution in [2.75, 3.05) is 20.6 Å². The van der Waals surface area contributed by atoms with Gasteiger partial charge in [-0.2, -0.15) is 0 Å². The predicted molar refractivity (Wildman–Crippen MR) is 54.4 cm³/mol. The number of benzene rings is 1. The lowest BCUT2D eigenvalue weighted by atomic mass is 10.1. The summed E-state index contributed by atoms with van der Waals surface area (Å²) in [5.74, 6) is 0.812. The Morgan fingerprint density at radius 3 is 2.71 bits per heavy atom. The third-order valence-corrected chi connectivity index (χ3v) is 2.41. The highest BCUT2D eigenvalue weighted by molar-refractivity contribution is 5.39. The van der Waals surface area contributed by atoms with Crippen LogP contribution in [0.4, 0.5) is 0 Å². The zero-order valence-electron chi connectivity index (χ0n) is 8.47. The van der Waals surface area contributed by atoms with Crippen LogP contribution in [-0.2, 0) is 0 Å². The number of nitrogens with zero attached hydrogens (tertiary/aromatic N) is 1. The van der Waals surface area contributed by atoms with Gasteiger partial charge in [0.15, 0.2) is 0 Å². The van der Waals surface area contributed by atoms with Crippen LogP contribution in [0.2, 0.25) is 0 Å². The van der Waals surface area contributed by atoms with Gasteiger partial charge >= 0.3 is 0 Å². The summed E-state index contributed by atoms with van der Waals surface area (Å²) in [6.07, 6.45) is -0.629. The number of likely N-dealkylation sites (N-methyl/N-ethyl adjacent to an activating group) is 1.